The van der Waals surface area contributed by atoms with Crippen LogP contribution in [0.4, 0.5) is 0 Å². The molecule has 30 heavy (non-hydrogen) atoms. The lowest BCUT2D eigenvalue weighted by molar-refractivity contribution is 0.0464. The van der Waals surface area contributed by atoms with Gasteiger partial charge in [0.05, 0.1) is 25.5 Å². The molecule has 0 aliphatic carbocycles. The van der Waals surface area contributed by atoms with Crippen LogP contribution in [0.3, 0.4) is 0 Å². The van der Waals surface area contributed by atoms with E-state index in [0.717, 1.165) is 4.57 Å². The Hall–Kier alpha value is -3.94. The van der Waals surface area contributed by atoms with E-state index < -0.39 is 17.7 Å². The minimum absolute atomic E-state index is 0.0609. The molecular weight excluding hydrogens is 388 g/mol. The maximum Gasteiger partial charge on any atom is 0.342 e. The van der Waals surface area contributed by atoms with Crippen molar-refractivity contribution in [3.63, 3.8) is 0 Å². The van der Waals surface area contributed by atoms with E-state index in [9.17, 15) is 14.4 Å². The van der Waals surface area contributed by atoms with E-state index in [1.54, 1.807) is 48.5 Å². The van der Waals surface area contributed by atoms with Gasteiger partial charge in [0.15, 0.2) is 11.6 Å². The van der Waals surface area contributed by atoms with Gasteiger partial charge in [0.1, 0.15) is 23.7 Å². The first kappa shape index (κ1) is 20.8. The Kier molecular flexibility index (Phi) is 6.26. The Labute approximate surface area is 173 Å². The van der Waals surface area contributed by atoms with Crippen LogP contribution in [-0.4, -0.2) is 41.4 Å². The van der Waals surface area contributed by atoms with Crippen LogP contribution in [0.15, 0.2) is 54.7 Å². The number of nitrogens with zero attached hydrogens (tertiary/aromatic N) is 2. The second-order valence-corrected chi connectivity index (χ2v) is 6.26. The first-order valence-corrected chi connectivity index (χ1v) is 9.03. The third kappa shape index (κ3) is 4.22. The monoisotopic (exact) mass is 408 g/mol. The first-order chi connectivity index (χ1) is 14.5. The molecule has 1 aromatic heterocycles. The predicted octanol–water partition coefficient (Wildman–Crippen LogP) is 3.15. The summed E-state index contributed by atoms with van der Waals surface area (Å²) < 4.78 is 16.8. The van der Waals surface area contributed by atoms with Gasteiger partial charge >= 0.3 is 5.97 Å². The van der Waals surface area contributed by atoms with Gasteiger partial charge in [0.2, 0.25) is 0 Å². The molecule has 0 saturated carbocycles. The quantitative estimate of drug-likeness (QED) is 0.438. The van der Waals surface area contributed by atoms with E-state index in [2.05, 4.69) is 4.98 Å². The second-order valence-electron chi connectivity index (χ2n) is 6.26. The predicted molar refractivity (Wildman–Crippen MR) is 107 cm³/mol. The molecule has 8 nitrogen and oxygen atoms in total. The Bertz CT molecular complexity index is 1100. The van der Waals surface area contributed by atoms with Crippen molar-refractivity contribution in [1.29, 1.82) is 0 Å². The maximum atomic E-state index is 13.0. The average molecular weight is 408 g/mol. The van der Waals surface area contributed by atoms with E-state index in [4.69, 9.17) is 14.2 Å². The molecule has 0 unspecified atom stereocenters. The standard InChI is InChI=1S/C22H20N2O6/c1-14(25)20-23-15(13-30-22(27)17-9-5-7-11-19(17)29-3)12-24(20)21(26)16-8-4-6-10-18(16)28-2/h4-12H,13H2,1-3H3. The number of carbonyl (C=O) groups excluding carboxylic acids is 3. The molecule has 0 N–H and O–H groups in total. The second kappa shape index (κ2) is 9.04. The molecule has 0 atom stereocenters. The van der Waals surface area contributed by atoms with Crippen molar-refractivity contribution < 1.29 is 28.6 Å². The third-order valence-electron chi connectivity index (χ3n) is 4.30. The number of ether oxygens (including phenoxy) is 3. The van der Waals surface area contributed by atoms with Gasteiger partial charge in [-0.1, -0.05) is 24.3 Å². The molecule has 154 valence electrons. The van der Waals surface area contributed by atoms with Crippen molar-refractivity contribution in [2.45, 2.75) is 13.5 Å². The summed E-state index contributed by atoms with van der Waals surface area (Å²) in [6.45, 7) is 1.09. The average Bonchev–Trinajstić information content (AvgIpc) is 3.21. The number of Topliss-reactive ketones (excluding diaryl/α,β-unsaturated/α-hetero) is 1. The fourth-order valence-corrected chi connectivity index (χ4v) is 2.88. The zero-order valence-corrected chi connectivity index (χ0v) is 16.7. The van der Waals surface area contributed by atoms with Crippen LogP contribution in [-0.2, 0) is 11.3 Å². The largest absolute Gasteiger partial charge is 0.496 e. The summed E-state index contributed by atoms with van der Waals surface area (Å²) in [6, 6.07) is 13.3. The Morgan fingerprint density at radius 3 is 2.07 bits per heavy atom. The van der Waals surface area contributed by atoms with Gasteiger partial charge in [-0.25, -0.2) is 9.78 Å². The van der Waals surface area contributed by atoms with Gasteiger partial charge in [-0.3, -0.25) is 14.2 Å². The molecular formula is C22H20N2O6. The smallest absolute Gasteiger partial charge is 0.342 e. The van der Waals surface area contributed by atoms with Crippen molar-refractivity contribution in [3.05, 3.63) is 77.4 Å². The lowest BCUT2D eigenvalue weighted by Gasteiger charge is -2.08. The van der Waals surface area contributed by atoms with Crippen LogP contribution in [0, 0.1) is 0 Å². The van der Waals surface area contributed by atoms with Gasteiger partial charge in [-0.2, -0.15) is 0 Å². The zero-order valence-electron chi connectivity index (χ0n) is 16.7. The summed E-state index contributed by atoms with van der Waals surface area (Å²) >= 11 is 0. The molecule has 0 radical (unpaired) electrons. The molecule has 3 aromatic rings. The summed E-state index contributed by atoms with van der Waals surface area (Å²) in [5, 5.41) is 0. The highest BCUT2D eigenvalue weighted by Gasteiger charge is 2.22. The lowest BCUT2D eigenvalue weighted by Crippen LogP contribution is -2.17. The molecule has 0 saturated heterocycles. The van der Waals surface area contributed by atoms with Crippen LogP contribution in [0.2, 0.25) is 0 Å². The van der Waals surface area contributed by atoms with Crippen LogP contribution in [0.1, 0.15) is 44.0 Å². The van der Waals surface area contributed by atoms with E-state index in [-0.39, 0.29) is 29.3 Å². The van der Waals surface area contributed by atoms with Gasteiger partial charge in [-0.05, 0) is 24.3 Å². The summed E-state index contributed by atoms with van der Waals surface area (Å²) in [6.07, 6.45) is 1.38. The summed E-state index contributed by atoms with van der Waals surface area (Å²) in [4.78, 5) is 41.5. The molecule has 0 fully saturated rings. The van der Waals surface area contributed by atoms with E-state index >= 15 is 0 Å². The highest BCUT2D eigenvalue weighted by atomic mass is 16.5. The molecule has 0 spiro atoms. The molecule has 8 heteroatoms. The number of esters is 1. The van der Waals surface area contributed by atoms with Crippen molar-refractivity contribution >= 4 is 17.7 Å². The van der Waals surface area contributed by atoms with Gasteiger partial charge in [0.25, 0.3) is 5.91 Å². The Balaban J connectivity index is 1.85. The molecule has 0 bridgehead atoms. The number of rotatable bonds is 7. The Morgan fingerprint density at radius 2 is 1.47 bits per heavy atom. The number of hydrogen-bond donors (Lipinski definition) is 0. The number of carbonyl (C=O) groups is 3. The third-order valence-corrected chi connectivity index (χ3v) is 4.30. The molecule has 0 aliphatic heterocycles. The number of benzene rings is 2. The molecule has 3 rings (SSSR count). The normalized spacial score (nSPS) is 10.4. The fourth-order valence-electron chi connectivity index (χ4n) is 2.88. The zero-order chi connectivity index (χ0) is 21.7. The number of aromatic nitrogens is 2. The van der Waals surface area contributed by atoms with Crippen molar-refractivity contribution in [3.8, 4) is 11.5 Å². The minimum Gasteiger partial charge on any atom is -0.496 e. The van der Waals surface area contributed by atoms with Crippen LogP contribution in [0.25, 0.3) is 0 Å². The number of para-hydroxylation sites is 2. The first-order valence-electron chi connectivity index (χ1n) is 9.03. The Morgan fingerprint density at radius 1 is 0.900 bits per heavy atom. The highest BCUT2D eigenvalue weighted by molar-refractivity contribution is 6.03. The lowest BCUT2D eigenvalue weighted by atomic mass is 10.2. The van der Waals surface area contributed by atoms with Gasteiger partial charge in [0, 0.05) is 13.1 Å². The molecule has 0 aliphatic rings. The van der Waals surface area contributed by atoms with Crippen molar-refractivity contribution in [2.24, 2.45) is 0 Å². The number of ketones is 1. The molecule has 0 amide bonds. The maximum absolute atomic E-state index is 13.0. The highest BCUT2D eigenvalue weighted by Crippen LogP contribution is 2.21. The van der Waals surface area contributed by atoms with Gasteiger partial charge in [-0.15, -0.1) is 0 Å². The summed E-state index contributed by atoms with van der Waals surface area (Å²) in [5.74, 6) is -0.802. The minimum atomic E-state index is -0.609. The van der Waals surface area contributed by atoms with E-state index in [1.165, 1.54) is 27.3 Å². The van der Waals surface area contributed by atoms with Gasteiger partial charge < -0.3 is 14.2 Å². The molecule has 1 heterocycles. The van der Waals surface area contributed by atoms with Crippen LogP contribution >= 0.6 is 0 Å². The van der Waals surface area contributed by atoms with E-state index in [1.807, 2.05) is 0 Å². The SMILES string of the molecule is COc1ccccc1C(=O)OCc1cn(C(=O)c2ccccc2OC)c(C(C)=O)n1. The number of hydrogen-bond acceptors (Lipinski definition) is 7. The number of methoxy groups -OCH3 is 2. The number of imidazole rings is 1. The summed E-state index contributed by atoms with van der Waals surface area (Å²) in [7, 11) is 2.91. The van der Waals surface area contributed by atoms with Crippen molar-refractivity contribution in [2.75, 3.05) is 14.2 Å². The topological polar surface area (TPSA) is 96.7 Å². The van der Waals surface area contributed by atoms with Crippen LogP contribution < -0.4 is 9.47 Å². The fraction of sp³-hybridized carbons (Fsp3) is 0.182. The van der Waals surface area contributed by atoms with Crippen molar-refractivity contribution in [1.82, 2.24) is 9.55 Å². The molecule has 2 aromatic carbocycles. The van der Waals surface area contributed by atoms with Crippen LogP contribution in [0.5, 0.6) is 11.5 Å². The van der Waals surface area contributed by atoms with E-state index in [0.29, 0.717) is 11.5 Å². The summed E-state index contributed by atoms with van der Waals surface area (Å²) in [5.41, 5.74) is 0.792.